The standard InChI is InChI=1S/C15H24N4O5S2.HI/c1-16-15(18-12-4-5-12)17-10-11-24-14-8-6-13(7-9-14)19(25(2,20)21)26(3,22)23;/h6-9,12H,4-5,10-11H2,1-3H3,(H2,16,17,18);1H. The van der Waals surface area contributed by atoms with Gasteiger partial charge in [0.25, 0.3) is 0 Å². The first-order chi connectivity index (χ1) is 12.1. The molecule has 27 heavy (non-hydrogen) atoms. The van der Waals surface area contributed by atoms with Crippen LogP contribution in [0, 0.1) is 0 Å². The van der Waals surface area contributed by atoms with Crippen LogP contribution in [-0.2, 0) is 20.0 Å². The second kappa shape index (κ2) is 9.78. The zero-order valence-electron chi connectivity index (χ0n) is 15.4. The molecule has 2 N–H and O–H groups in total. The topological polar surface area (TPSA) is 117 Å². The van der Waals surface area contributed by atoms with Gasteiger partial charge in [-0.3, -0.25) is 4.99 Å². The second-order valence-electron chi connectivity index (χ2n) is 5.98. The fraction of sp³-hybridized carbons (Fsp3) is 0.533. The van der Waals surface area contributed by atoms with Gasteiger partial charge in [-0.1, -0.05) is 0 Å². The minimum absolute atomic E-state index is 0. The van der Waals surface area contributed by atoms with Crippen molar-refractivity contribution >= 4 is 55.7 Å². The van der Waals surface area contributed by atoms with E-state index in [4.69, 9.17) is 4.74 Å². The van der Waals surface area contributed by atoms with E-state index in [1.807, 2.05) is 0 Å². The SMILES string of the molecule is CN=C(NCCOc1ccc(N(S(C)(=O)=O)S(C)(=O)=O)cc1)NC1CC1.I. The smallest absolute Gasteiger partial charge is 0.245 e. The molecule has 1 fully saturated rings. The van der Waals surface area contributed by atoms with Crippen molar-refractivity contribution < 1.29 is 21.6 Å². The predicted molar refractivity (Wildman–Crippen MR) is 117 cm³/mol. The third-order valence-corrected chi connectivity index (χ3v) is 6.71. The van der Waals surface area contributed by atoms with Gasteiger partial charge in [-0.05, 0) is 37.1 Å². The molecule has 1 aliphatic rings. The molecule has 0 aromatic heterocycles. The predicted octanol–water partition coefficient (Wildman–Crippen LogP) is 0.736. The van der Waals surface area contributed by atoms with E-state index in [0.29, 0.717) is 28.7 Å². The normalized spacial score (nSPS) is 14.9. The van der Waals surface area contributed by atoms with Gasteiger partial charge in [0, 0.05) is 13.1 Å². The van der Waals surface area contributed by atoms with E-state index >= 15 is 0 Å². The summed E-state index contributed by atoms with van der Waals surface area (Å²) in [6.07, 6.45) is 3.99. The van der Waals surface area contributed by atoms with Gasteiger partial charge in [0.2, 0.25) is 20.0 Å². The lowest BCUT2D eigenvalue weighted by Crippen LogP contribution is -2.40. The summed E-state index contributed by atoms with van der Waals surface area (Å²) in [5, 5.41) is 6.38. The van der Waals surface area contributed by atoms with Gasteiger partial charge in [0.1, 0.15) is 12.4 Å². The van der Waals surface area contributed by atoms with Crippen LogP contribution in [0.5, 0.6) is 5.75 Å². The zero-order valence-corrected chi connectivity index (χ0v) is 19.3. The molecule has 0 bridgehead atoms. The first-order valence-electron chi connectivity index (χ1n) is 8.02. The van der Waals surface area contributed by atoms with Gasteiger partial charge in [-0.25, -0.2) is 16.8 Å². The molecule has 1 aliphatic carbocycles. The Balaban J connectivity index is 0.00000364. The van der Waals surface area contributed by atoms with E-state index in [-0.39, 0.29) is 29.7 Å². The highest BCUT2D eigenvalue weighted by Gasteiger charge is 2.27. The van der Waals surface area contributed by atoms with E-state index in [1.54, 1.807) is 7.05 Å². The number of nitrogens with zero attached hydrogens (tertiary/aromatic N) is 2. The van der Waals surface area contributed by atoms with Crippen LogP contribution in [0.15, 0.2) is 29.3 Å². The highest BCUT2D eigenvalue weighted by atomic mass is 127. The molecule has 12 heteroatoms. The first kappa shape index (κ1) is 23.8. The minimum atomic E-state index is -3.95. The van der Waals surface area contributed by atoms with Crippen LogP contribution in [0.1, 0.15) is 12.8 Å². The summed E-state index contributed by atoms with van der Waals surface area (Å²) in [5.74, 6) is 1.23. The number of nitrogens with one attached hydrogen (secondary N) is 2. The molecular weight excluding hydrogens is 507 g/mol. The number of hydrogen-bond acceptors (Lipinski definition) is 6. The number of anilines is 1. The molecule has 1 aromatic carbocycles. The van der Waals surface area contributed by atoms with Gasteiger partial charge < -0.3 is 15.4 Å². The number of aliphatic imine (C=N–C) groups is 1. The number of hydrogen-bond donors (Lipinski definition) is 2. The van der Waals surface area contributed by atoms with Gasteiger partial charge >= 0.3 is 0 Å². The largest absolute Gasteiger partial charge is 0.492 e. The van der Waals surface area contributed by atoms with Crippen LogP contribution in [0.2, 0.25) is 0 Å². The van der Waals surface area contributed by atoms with Gasteiger partial charge in [-0.15, -0.1) is 24.0 Å². The van der Waals surface area contributed by atoms with Crippen molar-refractivity contribution in [3.8, 4) is 5.75 Å². The van der Waals surface area contributed by atoms with Crippen molar-refractivity contribution in [1.82, 2.24) is 10.6 Å². The molecule has 1 saturated carbocycles. The van der Waals surface area contributed by atoms with E-state index in [0.717, 1.165) is 31.3 Å². The first-order valence-corrected chi connectivity index (χ1v) is 11.7. The molecule has 0 amide bonds. The third kappa shape index (κ3) is 7.70. The number of guanidine groups is 1. The van der Waals surface area contributed by atoms with E-state index in [1.165, 1.54) is 24.3 Å². The van der Waals surface area contributed by atoms with Gasteiger partial charge in [0.15, 0.2) is 5.96 Å². The summed E-state index contributed by atoms with van der Waals surface area (Å²) in [6.45, 7) is 0.902. The molecule has 0 aliphatic heterocycles. The maximum Gasteiger partial charge on any atom is 0.245 e. The fourth-order valence-electron chi connectivity index (χ4n) is 2.25. The summed E-state index contributed by atoms with van der Waals surface area (Å²) < 4.78 is 52.9. The van der Waals surface area contributed by atoms with Crippen molar-refractivity contribution in [2.45, 2.75) is 18.9 Å². The lowest BCUT2D eigenvalue weighted by molar-refractivity contribution is 0.322. The average molecular weight is 532 g/mol. The van der Waals surface area contributed by atoms with Crippen LogP contribution in [0.25, 0.3) is 0 Å². The number of halogens is 1. The number of rotatable bonds is 8. The highest BCUT2D eigenvalue weighted by Crippen LogP contribution is 2.24. The monoisotopic (exact) mass is 532 g/mol. The molecule has 0 unspecified atom stereocenters. The summed E-state index contributed by atoms with van der Waals surface area (Å²) in [7, 11) is -6.20. The Morgan fingerprint density at radius 2 is 1.70 bits per heavy atom. The molecular formula is C15H25IN4O5S2. The Morgan fingerprint density at radius 1 is 1.15 bits per heavy atom. The molecule has 1 aromatic rings. The van der Waals surface area contributed by atoms with Crippen LogP contribution < -0.4 is 19.1 Å². The van der Waals surface area contributed by atoms with Gasteiger partial charge in [-0.2, -0.15) is 3.71 Å². The quantitative estimate of drug-likeness (QED) is 0.220. The van der Waals surface area contributed by atoms with E-state index in [2.05, 4.69) is 15.6 Å². The Bertz CT molecular complexity index is 821. The molecule has 154 valence electrons. The van der Waals surface area contributed by atoms with E-state index < -0.39 is 20.0 Å². The van der Waals surface area contributed by atoms with Crippen LogP contribution in [0.3, 0.4) is 0 Å². The number of ether oxygens (including phenoxy) is 1. The summed E-state index contributed by atoms with van der Waals surface area (Å²) in [4.78, 5) is 4.11. The Morgan fingerprint density at radius 3 is 2.15 bits per heavy atom. The number of sulfonamides is 2. The van der Waals surface area contributed by atoms with Crippen LogP contribution in [-0.4, -0.2) is 61.5 Å². The number of benzene rings is 1. The fourth-order valence-corrected chi connectivity index (χ4v) is 5.22. The molecule has 2 rings (SSSR count). The van der Waals surface area contributed by atoms with Gasteiger partial charge in [0.05, 0.1) is 24.7 Å². The molecule has 0 spiro atoms. The lowest BCUT2D eigenvalue weighted by Gasteiger charge is -2.20. The Kier molecular flexibility index (Phi) is 8.60. The lowest BCUT2D eigenvalue weighted by atomic mass is 10.3. The molecule has 0 radical (unpaired) electrons. The molecule has 0 heterocycles. The molecule has 9 nitrogen and oxygen atoms in total. The van der Waals surface area contributed by atoms with E-state index in [9.17, 15) is 16.8 Å². The summed E-state index contributed by atoms with van der Waals surface area (Å²) >= 11 is 0. The Hall–Kier alpha value is -1.28. The van der Waals surface area contributed by atoms with Crippen LogP contribution in [0.4, 0.5) is 5.69 Å². The molecule has 0 saturated heterocycles. The van der Waals surface area contributed by atoms with Crippen molar-refractivity contribution in [1.29, 1.82) is 0 Å². The van der Waals surface area contributed by atoms with Crippen molar-refractivity contribution in [3.05, 3.63) is 24.3 Å². The average Bonchev–Trinajstić information content (AvgIpc) is 3.33. The summed E-state index contributed by atoms with van der Waals surface area (Å²) in [6, 6.07) is 6.32. The maximum absolute atomic E-state index is 11.7. The highest BCUT2D eigenvalue weighted by molar-refractivity contribution is 14.0. The van der Waals surface area contributed by atoms with Crippen molar-refractivity contribution in [3.63, 3.8) is 0 Å². The van der Waals surface area contributed by atoms with Crippen molar-refractivity contribution in [2.24, 2.45) is 4.99 Å². The van der Waals surface area contributed by atoms with Crippen LogP contribution >= 0.6 is 24.0 Å². The second-order valence-corrected chi connectivity index (χ2v) is 9.88. The third-order valence-electron chi connectivity index (χ3n) is 3.46. The molecule has 0 atom stereocenters. The maximum atomic E-state index is 11.7. The summed E-state index contributed by atoms with van der Waals surface area (Å²) in [5.41, 5.74) is 0.0366. The minimum Gasteiger partial charge on any atom is -0.492 e. The van der Waals surface area contributed by atoms with Crippen molar-refractivity contribution in [2.75, 3.05) is 36.4 Å². The zero-order chi connectivity index (χ0) is 19.4. The Labute approximate surface area is 177 Å².